The van der Waals surface area contributed by atoms with Gasteiger partial charge in [-0.25, -0.2) is 22.8 Å². The number of benzene rings is 1. The van der Waals surface area contributed by atoms with E-state index in [1.54, 1.807) is 30.7 Å². The van der Waals surface area contributed by atoms with Gasteiger partial charge >= 0.3 is 0 Å². The second-order valence-electron chi connectivity index (χ2n) is 7.88. The topological polar surface area (TPSA) is 103 Å². The van der Waals surface area contributed by atoms with Crippen LogP contribution in [0.25, 0.3) is 0 Å². The average Bonchev–Trinajstić information content (AvgIpc) is 2.79. The number of hydrogen-bond acceptors (Lipinski definition) is 8. The molecule has 3 aromatic rings. The maximum Gasteiger partial charge on any atom is 0.211 e. The summed E-state index contributed by atoms with van der Waals surface area (Å²) in [6, 6.07) is 10.1. The van der Waals surface area contributed by atoms with Crippen LogP contribution in [0.2, 0.25) is 0 Å². The molecule has 0 radical (unpaired) electrons. The molecule has 0 aliphatic carbocycles. The molecule has 3 heterocycles. The molecule has 0 bridgehead atoms. The number of sulfonamides is 1. The third-order valence-electron chi connectivity index (χ3n) is 5.44. The molecule has 1 aliphatic rings. The molecule has 33 heavy (non-hydrogen) atoms. The van der Waals surface area contributed by atoms with E-state index >= 15 is 0 Å². The summed E-state index contributed by atoms with van der Waals surface area (Å²) < 4.78 is 38.5. The first kappa shape index (κ1) is 22.9. The van der Waals surface area contributed by atoms with Crippen LogP contribution in [0.1, 0.15) is 18.5 Å². The smallest absolute Gasteiger partial charge is 0.211 e. The molecule has 1 aliphatic heterocycles. The second kappa shape index (κ2) is 9.67. The number of piperazine rings is 1. The standard InChI is InChI=1S/C22H26FN7O2S/c1-16(17-3-5-18(23)6-4-17)26-20-13-19(29-9-11-30(12-10-29)33(2,31)32)14-21(27-20)28-22-15-24-7-8-25-22/h3-8,13-16H,9-12H2,1-2H3,(H2,25,26,27,28). The molecule has 0 saturated carbocycles. The largest absolute Gasteiger partial charge is 0.369 e. The predicted molar refractivity (Wildman–Crippen MR) is 127 cm³/mol. The molecule has 1 aromatic carbocycles. The van der Waals surface area contributed by atoms with E-state index in [2.05, 4.69) is 30.5 Å². The van der Waals surface area contributed by atoms with Gasteiger partial charge < -0.3 is 15.5 Å². The normalized spacial score (nSPS) is 15.8. The second-order valence-corrected chi connectivity index (χ2v) is 9.86. The van der Waals surface area contributed by atoms with Gasteiger partial charge in [0.1, 0.15) is 23.3 Å². The molecule has 11 heteroatoms. The Kier molecular flexibility index (Phi) is 6.70. The third kappa shape index (κ3) is 5.93. The Balaban J connectivity index is 1.58. The lowest BCUT2D eigenvalue weighted by Gasteiger charge is -2.35. The molecule has 2 N–H and O–H groups in total. The van der Waals surface area contributed by atoms with Gasteiger partial charge in [-0.3, -0.25) is 4.98 Å². The minimum absolute atomic E-state index is 0.111. The number of anilines is 4. The summed E-state index contributed by atoms with van der Waals surface area (Å²) in [4.78, 5) is 15.1. The zero-order valence-electron chi connectivity index (χ0n) is 18.4. The molecule has 0 amide bonds. The van der Waals surface area contributed by atoms with E-state index in [9.17, 15) is 12.8 Å². The van der Waals surface area contributed by atoms with E-state index in [-0.39, 0.29) is 11.9 Å². The minimum atomic E-state index is -3.21. The van der Waals surface area contributed by atoms with Crippen molar-refractivity contribution in [2.45, 2.75) is 13.0 Å². The molecular formula is C22H26FN7O2S. The molecule has 1 atom stereocenters. The molecular weight excluding hydrogens is 445 g/mol. The predicted octanol–water partition coefficient (Wildman–Crippen LogP) is 3.01. The van der Waals surface area contributed by atoms with Crippen molar-refractivity contribution in [2.24, 2.45) is 0 Å². The fraction of sp³-hybridized carbons (Fsp3) is 0.318. The quantitative estimate of drug-likeness (QED) is 0.542. The zero-order valence-corrected chi connectivity index (χ0v) is 19.3. The molecule has 4 rings (SSSR count). The number of halogens is 1. The van der Waals surface area contributed by atoms with E-state index in [0.717, 1.165) is 11.3 Å². The van der Waals surface area contributed by atoms with Crippen LogP contribution in [0.3, 0.4) is 0 Å². The fourth-order valence-corrected chi connectivity index (χ4v) is 4.49. The monoisotopic (exact) mass is 471 g/mol. The van der Waals surface area contributed by atoms with Crippen molar-refractivity contribution in [3.63, 3.8) is 0 Å². The summed E-state index contributed by atoms with van der Waals surface area (Å²) in [5.41, 5.74) is 1.83. The molecule has 1 fully saturated rings. The number of nitrogens with zero attached hydrogens (tertiary/aromatic N) is 5. The van der Waals surface area contributed by atoms with E-state index in [1.807, 2.05) is 19.1 Å². The molecule has 9 nitrogen and oxygen atoms in total. The molecule has 0 spiro atoms. The van der Waals surface area contributed by atoms with Crippen molar-refractivity contribution in [3.8, 4) is 0 Å². The molecule has 2 aromatic heterocycles. The number of aromatic nitrogens is 3. The Bertz CT molecular complexity index is 1190. The summed E-state index contributed by atoms with van der Waals surface area (Å²) >= 11 is 0. The highest BCUT2D eigenvalue weighted by Crippen LogP contribution is 2.28. The van der Waals surface area contributed by atoms with Gasteiger partial charge in [0.05, 0.1) is 12.5 Å². The highest BCUT2D eigenvalue weighted by atomic mass is 32.2. The maximum absolute atomic E-state index is 13.3. The van der Waals surface area contributed by atoms with Crippen LogP contribution in [0.4, 0.5) is 27.5 Å². The van der Waals surface area contributed by atoms with E-state index in [1.165, 1.54) is 22.7 Å². The van der Waals surface area contributed by atoms with Crippen molar-refractivity contribution < 1.29 is 12.8 Å². The summed E-state index contributed by atoms with van der Waals surface area (Å²) in [7, 11) is -3.21. The fourth-order valence-electron chi connectivity index (χ4n) is 3.67. The van der Waals surface area contributed by atoms with Gasteiger partial charge in [0.2, 0.25) is 10.0 Å². The van der Waals surface area contributed by atoms with Crippen molar-refractivity contribution in [1.29, 1.82) is 0 Å². The number of rotatable bonds is 7. The van der Waals surface area contributed by atoms with Crippen LogP contribution in [0.15, 0.2) is 55.0 Å². The third-order valence-corrected chi connectivity index (χ3v) is 6.74. The van der Waals surface area contributed by atoms with E-state index in [0.29, 0.717) is 43.6 Å². The Labute approximate surface area is 192 Å². The summed E-state index contributed by atoms with van der Waals surface area (Å²) in [5.74, 6) is 1.48. The van der Waals surface area contributed by atoms with Crippen LogP contribution in [-0.2, 0) is 10.0 Å². The van der Waals surface area contributed by atoms with Crippen LogP contribution >= 0.6 is 0 Å². The van der Waals surface area contributed by atoms with Crippen LogP contribution in [0, 0.1) is 5.82 Å². The number of pyridine rings is 1. The number of hydrogen-bond donors (Lipinski definition) is 2. The lowest BCUT2D eigenvalue weighted by molar-refractivity contribution is 0.388. The van der Waals surface area contributed by atoms with Gasteiger partial charge in [-0.15, -0.1) is 0 Å². The van der Waals surface area contributed by atoms with E-state index in [4.69, 9.17) is 0 Å². The summed E-state index contributed by atoms with van der Waals surface area (Å²) in [5, 5.41) is 6.54. The minimum Gasteiger partial charge on any atom is -0.369 e. The summed E-state index contributed by atoms with van der Waals surface area (Å²) in [6.07, 6.45) is 6.02. The first-order valence-electron chi connectivity index (χ1n) is 10.5. The van der Waals surface area contributed by atoms with Gasteiger partial charge in [-0.2, -0.15) is 4.31 Å². The Hall–Kier alpha value is -3.31. The highest BCUT2D eigenvalue weighted by molar-refractivity contribution is 7.88. The van der Waals surface area contributed by atoms with Crippen molar-refractivity contribution in [1.82, 2.24) is 19.3 Å². The van der Waals surface area contributed by atoms with Crippen molar-refractivity contribution >= 4 is 33.2 Å². The van der Waals surface area contributed by atoms with Crippen LogP contribution in [-0.4, -0.2) is 60.1 Å². The van der Waals surface area contributed by atoms with E-state index < -0.39 is 10.0 Å². The van der Waals surface area contributed by atoms with Gasteiger partial charge in [0.25, 0.3) is 0 Å². The Morgan fingerprint density at radius 3 is 2.33 bits per heavy atom. The van der Waals surface area contributed by atoms with Gasteiger partial charge in [0.15, 0.2) is 0 Å². The Morgan fingerprint density at radius 2 is 1.70 bits per heavy atom. The molecule has 174 valence electrons. The summed E-state index contributed by atoms with van der Waals surface area (Å²) in [6.45, 7) is 3.94. The zero-order chi connectivity index (χ0) is 23.4. The average molecular weight is 472 g/mol. The lowest BCUT2D eigenvalue weighted by atomic mass is 10.1. The Morgan fingerprint density at radius 1 is 1.00 bits per heavy atom. The highest BCUT2D eigenvalue weighted by Gasteiger charge is 2.24. The first-order valence-corrected chi connectivity index (χ1v) is 12.4. The van der Waals surface area contributed by atoms with Crippen LogP contribution < -0.4 is 15.5 Å². The van der Waals surface area contributed by atoms with Crippen LogP contribution in [0.5, 0.6) is 0 Å². The van der Waals surface area contributed by atoms with Gasteiger partial charge in [-0.05, 0) is 24.6 Å². The maximum atomic E-state index is 13.3. The van der Waals surface area contributed by atoms with Crippen molar-refractivity contribution in [3.05, 3.63) is 66.4 Å². The number of nitrogens with one attached hydrogen (secondary N) is 2. The SMILES string of the molecule is CC(Nc1cc(N2CCN(S(C)(=O)=O)CC2)cc(Nc2cnccn2)n1)c1ccc(F)cc1. The van der Waals surface area contributed by atoms with Gasteiger partial charge in [0, 0.05) is 62.4 Å². The first-order chi connectivity index (χ1) is 15.8. The van der Waals surface area contributed by atoms with Crippen molar-refractivity contribution in [2.75, 3.05) is 48.0 Å². The van der Waals surface area contributed by atoms with Gasteiger partial charge in [-0.1, -0.05) is 12.1 Å². The lowest BCUT2D eigenvalue weighted by Crippen LogP contribution is -2.48. The molecule has 1 unspecified atom stereocenters. The molecule has 1 saturated heterocycles.